The van der Waals surface area contributed by atoms with E-state index in [9.17, 15) is 0 Å². The summed E-state index contributed by atoms with van der Waals surface area (Å²) in [5, 5.41) is 13.9. The smallest absolute Gasteiger partial charge is 0.450 e. The minimum Gasteiger partial charge on any atom is -0.450 e. The average molecular weight is 256 g/mol. The third-order valence-electron chi connectivity index (χ3n) is 4.79. The van der Waals surface area contributed by atoms with Crippen molar-refractivity contribution >= 4 is 6.16 Å². The molecule has 0 heterocycles. The Balaban J connectivity index is 0.000000357. The van der Waals surface area contributed by atoms with Crippen molar-refractivity contribution in [2.45, 2.75) is 71.1 Å². The Morgan fingerprint density at radius 1 is 0.889 bits per heavy atom. The van der Waals surface area contributed by atoms with Crippen molar-refractivity contribution in [3.05, 3.63) is 0 Å². The Bertz CT molecular complexity index is 222. The lowest BCUT2D eigenvalue weighted by molar-refractivity contribution is 0.137. The summed E-state index contributed by atoms with van der Waals surface area (Å²) in [6, 6.07) is 0. The maximum atomic E-state index is 8.56. The van der Waals surface area contributed by atoms with E-state index < -0.39 is 6.16 Å². The van der Waals surface area contributed by atoms with Gasteiger partial charge in [-0.2, -0.15) is 0 Å². The van der Waals surface area contributed by atoms with Gasteiger partial charge in [-0.15, -0.1) is 0 Å². The van der Waals surface area contributed by atoms with Gasteiger partial charge in [0.25, 0.3) is 0 Å². The molecule has 2 aliphatic carbocycles. The van der Waals surface area contributed by atoms with E-state index in [2.05, 4.69) is 6.92 Å². The summed E-state index contributed by atoms with van der Waals surface area (Å²) >= 11 is 0. The van der Waals surface area contributed by atoms with Gasteiger partial charge in [0, 0.05) is 0 Å². The van der Waals surface area contributed by atoms with Crippen LogP contribution in [-0.2, 0) is 0 Å². The third kappa shape index (κ3) is 5.74. The molecule has 0 amide bonds. The van der Waals surface area contributed by atoms with Gasteiger partial charge in [0.05, 0.1) is 0 Å². The Labute approximate surface area is 111 Å². The zero-order valence-corrected chi connectivity index (χ0v) is 11.6. The van der Waals surface area contributed by atoms with Gasteiger partial charge in [-0.3, -0.25) is 0 Å². The first-order chi connectivity index (χ1) is 8.63. The van der Waals surface area contributed by atoms with Gasteiger partial charge in [0.1, 0.15) is 0 Å². The van der Waals surface area contributed by atoms with Gasteiger partial charge in [-0.25, -0.2) is 4.79 Å². The first kappa shape index (κ1) is 15.3. The van der Waals surface area contributed by atoms with Crippen molar-refractivity contribution in [3.8, 4) is 0 Å². The van der Waals surface area contributed by atoms with Crippen molar-refractivity contribution in [1.29, 1.82) is 0 Å². The van der Waals surface area contributed by atoms with E-state index in [-0.39, 0.29) is 0 Å². The predicted molar refractivity (Wildman–Crippen MR) is 73.0 cm³/mol. The number of carbonyl (C=O) groups is 1. The Hall–Kier alpha value is -0.730. The molecule has 0 spiro atoms. The molecule has 18 heavy (non-hydrogen) atoms. The standard InChI is InChI=1S/C14H26.CH2O3/c1-2-12-8-10-14(11-9-12)13-6-4-3-5-7-13;2-1(3)4/h12-14H,2-11H2,1H3;(H2,2,3,4)/t12-,14-;. The first-order valence-corrected chi connectivity index (χ1v) is 7.55. The Kier molecular flexibility index (Phi) is 7.14. The van der Waals surface area contributed by atoms with Crippen molar-refractivity contribution in [2.75, 3.05) is 0 Å². The van der Waals surface area contributed by atoms with E-state index in [4.69, 9.17) is 15.0 Å². The molecule has 0 atom stereocenters. The van der Waals surface area contributed by atoms with Gasteiger partial charge in [-0.05, 0) is 30.6 Å². The number of hydrogen-bond acceptors (Lipinski definition) is 1. The van der Waals surface area contributed by atoms with Crippen LogP contribution in [0.2, 0.25) is 0 Å². The highest BCUT2D eigenvalue weighted by Crippen LogP contribution is 2.40. The molecule has 2 fully saturated rings. The molecule has 2 N–H and O–H groups in total. The van der Waals surface area contributed by atoms with Crippen LogP contribution in [-0.4, -0.2) is 16.4 Å². The lowest BCUT2D eigenvalue weighted by Gasteiger charge is -2.35. The second-order valence-corrected chi connectivity index (χ2v) is 5.87. The highest BCUT2D eigenvalue weighted by atomic mass is 16.6. The highest BCUT2D eigenvalue weighted by Gasteiger charge is 2.27. The Morgan fingerprint density at radius 2 is 1.33 bits per heavy atom. The van der Waals surface area contributed by atoms with Crippen LogP contribution >= 0.6 is 0 Å². The van der Waals surface area contributed by atoms with Gasteiger partial charge >= 0.3 is 6.16 Å². The van der Waals surface area contributed by atoms with E-state index in [1.807, 2.05) is 0 Å². The van der Waals surface area contributed by atoms with E-state index >= 15 is 0 Å². The minimum atomic E-state index is -1.83. The maximum absolute atomic E-state index is 8.56. The molecular weight excluding hydrogens is 228 g/mol. The fourth-order valence-electron chi connectivity index (χ4n) is 3.67. The lowest BCUT2D eigenvalue weighted by atomic mass is 9.71. The highest BCUT2D eigenvalue weighted by molar-refractivity contribution is 5.53. The summed E-state index contributed by atoms with van der Waals surface area (Å²) in [6.07, 6.45) is 13.5. The summed E-state index contributed by atoms with van der Waals surface area (Å²) in [7, 11) is 0. The fraction of sp³-hybridized carbons (Fsp3) is 0.933. The summed E-state index contributed by atoms with van der Waals surface area (Å²) in [6.45, 7) is 2.37. The van der Waals surface area contributed by atoms with Gasteiger partial charge in [0.15, 0.2) is 0 Å². The predicted octanol–water partition coefficient (Wildman–Crippen LogP) is 5.01. The van der Waals surface area contributed by atoms with Gasteiger partial charge in [0.2, 0.25) is 0 Å². The first-order valence-electron chi connectivity index (χ1n) is 7.55. The van der Waals surface area contributed by atoms with Crippen LogP contribution in [0.4, 0.5) is 4.79 Å². The van der Waals surface area contributed by atoms with Crippen LogP contribution in [0.1, 0.15) is 71.1 Å². The zero-order chi connectivity index (χ0) is 13.4. The number of rotatable bonds is 2. The molecule has 106 valence electrons. The normalized spacial score (nSPS) is 29.2. The average Bonchev–Trinajstić information content (AvgIpc) is 2.39. The second kappa shape index (κ2) is 8.39. The molecule has 2 aliphatic rings. The quantitative estimate of drug-likeness (QED) is 0.730. The zero-order valence-electron chi connectivity index (χ0n) is 11.6. The van der Waals surface area contributed by atoms with E-state index in [1.54, 1.807) is 25.7 Å². The molecule has 0 aromatic carbocycles. The molecule has 3 heteroatoms. The van der Waals surface area contributed by atoms with Crippen LogP contribution < -0.4 is 0 Å². The summed E-state index contributed by atoms with van der Waals surface area (Å²) in [5.74, 6) is 3.33. The van der Waals surface area contributed by atoms with Gasteiger partial charge < -0.3 is 10.2 Å². The molecule has 0 aromatic rings. The van der Waals surface area contributed by atoms with E-state index in [0.717, 1.165) is 17.8 Å². The molecule has 0 bridgehead atoms. The van der Waals surface area contributed by atoms with Crippen molar-refractivity contribution in [1.82, 2.24) is 0 Å². The van der Waals surface area contributed by atoms with E-state index in [0.29, 0.717) is 0 Å². The lowest BCUT2D eigenvalue weighted by Crippen LogP contribution is -2.23. The van der Waals surface area contributed by atoms with Crippen LogP contribution in [0.5, 0.6) is 0 Å². The van der Waals surface area contributed by atoms with Crippen LogP contribution in [0.15, 0.2) is 0 Å². The fourth-order valence-corrected chi connectivity index (χ4v) is 3.67. The topological polar surface area (TPSA) is 57.5 Å². The minimum absolute atomic E-state index is 1.08. The van der Waals surface area contributed by atoms with E-state index in [1.165, 1.54) is 38.5 Å². The number of carboxylic acid groups (broad SMARTS) is 2. The molecular formula is C15H28O3. The van der Waals surface area contributed by atoms with Crippen molar-refractivity contribution < 1.29 is 15.0 Å². The monoisotopic (exact) mass is 256 g/mol. The molecule has 2 saturated carbocycles. The molecule has 2 rings (SSSR count). The van der Waals surface area contributed by atoms with Crippen LogP contribution in [0, 0.1) is 17.8 Å². The van der Waals surface area contributed by atoms with Crippen molar-refractivity contribution in [3.63, 3.8) is 0 Å². The molecule has 0 unspecified atom stereocenters. The summed E-state index contributed by atoms with van der Waals surface area (Å²) < 4.78 is 0. The number of hydrogen-bond donors (Lipinski definition) is 2. The summed E-state index contributed by atoms with van der Waals surface area (Å²) in [5.41, 5.74) is 0. The molecule has 0 aliphatic heterocycles. The molecule has 0 radical (unpaired) electrons. The van der Waals surface area contributed by atoms with Crippen LogP contribution in [0.25, 0.3) is 0 Å². The second-order valence-electron chi connectivity index (χ2n) is 5.87. The third-order valence-corrected chi connectivity index (χ3v) is 4.79. The van der Waals surface area contributed by atoms with Gasteiger partial charge in [-0.1, -0.05) is 58.3 Å². The summed E-state index contributed by atoms with van der Waals surface area (Å²) in [4.78, 5) is 8.56. The molecule has 0 saturated heterocycles. The van der Waals surface area contributed by atoms with Crippen LogP contribution in [0.3, 0.4) is 0 Å². The van der Waals surface area contributed by atoms with Crippen molar-refractivity contribution in [2.24, 2.45) is 17.8 Å². The SMILES string of the molecule is CC[C@H]1CC[C@H](C2CCCCC2)CC1.O=C(O)O. The maximum Gasteiger partial charge on any atom is 0.503 e. The largest absolute Gasteiger partial charge is 0.503 e. The Morgan fingerprint density at radius 3 is 1.78 bits per heavy atom. The molecule has 3 nitrogen and oxygen atoms in total. The molecule has 0 aromatic heterocycles.